The maximum absolute atomic E-state index is 13.0. The standard InChI is InChI=1S/C22H21FN4OS/c1-14-21(29-20(25-14)13-15-8-10-16(23)11-9-15)22(28)24-12-4-7-19-26-17-5-2-3-6-18(17)27-19/h2-3,5-6,8-11H,4,7,12-13H2,1H3,(H,24,28)(H,26,27). The van der Waals surface area contributed by atoms with Crippen molar-refractivity contribution in [2.45, 2.75) is 26.2 Å². The maximum Gasteiger partial charge on any atom is 0.263 e. The van der Waals surface area contributed by atoms with Crippen LogP contribution >= 0.6 is 11.3 Å². The number of aryl methyl sites for hydroxylation is 2. The van der Waals surface area contributed by atoms with Crippen LogP contribution in [0.3, 0.4) is 0 Å². The van der Waals surface area contributed by atoms with Crippen LogP contribution in [-0.4, -0.2) is 27.4 Å². The Balaban J connectivity index is 1.30. The number of para-hydroxylation sites is 2. The third-order valence-electron chi connectivity index (χ3n) is 4.63. The lowest BCUT2D eigenvalue weighted by Gasteiger charge is -2.03. The van der Waals surface area contributed by atoms with Crippen LogP contribution < -0.4 is 5.32 Å². The largest absolute Gasteiger partial charge is 0.351 e. The number of thiazole rings is 1. The monoisotopic (exact) mass is 408 g/mol. The lowest BCUT2D eigenvalue weighted by molar-refractivity contribution is 0.0956. The molecule has 2 aromatic carbocycles. The summed E-state index contributed by atoms with van der Waals surface area (Å²) in [5.74, 6) is 0.567. The van der Waals surface area contributed by atoms with E-state index >= 15 is 0 Å². The molecule has 0 saturated heterocycles. The SMILES string of the molecule is Cc1nc(Cc2ccc(F)cc2)sc1C(=O)NCCCc1nc2ccccc2[nH]1. The summed E-state index contributed by atoms with van der Waals surface area (Å²) >= 11 is 1.39. The Kier molecular flexibility index (Phi) is 5.67. The van der Waals surface area contributed by atoms with E-state index in [1.807, 2.05) is 31.2 Å². The van der Waals surface area contributed by atoms with Gasteiger partial charge in [-0.2, -0.15) is 0 Å². The molecular formula is C22H21FN4OS. The molecule has 4 rings (SSSR count). The molecule has 1 amide bonds. The van der Waals surface area contributed by atoms with Gasteiger partial charge in [0, 0.05) is 19.4 Å². The van der Waals surface area contributed by atoms with E-state index in [4.69, 9.17) is 0 Å². The summed E-state index contributed by atoms with van der Waals surface area (Å²) in [6.45, 7) is 2.41. The normalized spacial score (nSPS) is 11.1. The van der Waals surface area contributed by atoms with Crippen LogP contribution in [-0.2, 0) is 12.8 Å². The van der Waals surface area contributed by atoms with E-state index in [-0.39, 0.29) is 11.7 Å². The number of hydrogen-bond acceptors (Lipinski definition) is 4. The van der Waals surface area contributed by atoms with Crippen molar-refractivity contribution in [1.82, 2.24) is 20.3 Å². The lowest BCUT2D eigenvalue weighted by atomic mass is 10.1. The number of hydrogen-bond donors (Lipinski definition) is 2. The Morgan fingerprint density at radius 2 is 1.93 bits per heavy atom. The Hall–Kier alpha value is -3.06. The zero-order valence-corrected chi connectivity index (χ0v) is 16.9. The average Bonchev–Trinajstić information content (AvgIpc) is 3.29. The lowest BCUT2D eigenvalue weighted by Crippen LogP contribution is -2.24. The molecule has 0 aliphatic heterocycles. The highest BCUT2D eigenvalue weighted by Gasteiger charge is 2.15. The number of halogens is 1. The van der Waals surface area contributed by atoms with Gasteiger partial charge in [-0.1, -0.05) is 24.3 Å². The van der Waals surface area contributed by atoms with Crippen molar-refractivity contribution >= 4 is 28.3 Å². The summed E-state index contributed by atoms with van der Waals surface area (Å²) in [6, 6.07) is 14.3. The molecule has 0 saturated carbocycles. The highest BCUT2D eigenvalue weighted by Crippen LogP contribution is 2.21. The van der Waals surface area contributed by atoms with E-state index in [9.17, 15) is 9.18 Å². The van der Waals surface area contributed by atoms with E-state index in [1.54, 1.807) is 12.1 Å². The first-order valence-electron chi connectivity index (χ1n) is 9.51. The van der Waals surface area contributed by atoms with Crippen LogP contribution in [0.15, 0.2) is 48.5 Å². The minimum absolute atomic E-state index is 0.102. The Morgan fingerprint density at radius 1 is 1.14 bits per heavy atom. The van der Waals surface area contributed by atoms with Crippen molar-refractivity contribution in [3.05, 3.63) is 81.3 Å². The number of amides is 1. The van der Waals surface area contributed by atoms with Crippen molar-refractivity contribution in [1.29, 1.82) is 0 Å². The first-order chi connectivity index (χ1) is 14.1. The maximum atomic E-state index is 13.0. The van der Waals surface area contributed by atoms with Crippen LogP contribution in [0.1, 0.15) is 38.2 Å². The van der Waals surface area contributed by atoms with Crippen molar-refractivity contribution in [3.8, 4) is 0 Å². The number of carbonyl (C=O) groups excluding carboxylic acids is 1. The zero-order valence-electron chi connectivity index (χ0n) is 16.0. The number of fused-ring (bicyclic) bond motifs is 1. The van der Waals surface area contributed by atoms with Gasteiger partial charge in [-0.25, -0.2) is 14.4 Å². The molecule has 0 radical (unpaired) electrons. The van der Waals surface area contributed by atoms with Crippen LogP contribution in [0.2, 0.25) is 0 Å². The van der Waals surface area contributed by atoms with Crippen LogP contribution in [0, 0.1) is 12.7 Å². The molecule has 7 heteroatoms. The van der Waals surface area contributed by atoms with E-state index in [0.717, 1.165) is 46.0 Å². The number of benzene rings is 2. The molecule has 5 nitrogen and oxygen atoms in total. The highest BCUT2D eigenvalue weighted by molar-refractivity contribution is 7.13. The molecule has 2 aromatic heterocycles. The molecule has 4 aromatic rings. The van der Waals surface area contributed by atoms with E-state index in [0.29, 0.717) is 17.8 Å². The van der Waals surface area contributed by atoms with Gasteiger partial charge in [-0.05, 0) is 43.2 Å². The molecular weight excluding hydrogens is 387 g/mol. The van der Waals surface area contributed by atoms with Gasteiger partial charge in [0.1, 0.15) is 16.5 Å². The molecule has 0 aliphatic rings. The number of nitrogens with one attached hydrogen (secondary N) is 2. The fraction of sp³-hybridized carbons (Fsp3) is 0.227. The predicted octanol–water partition coefficient (Wildman–Crippen LogP) is 4.42. The molecule has 0 spiro atoms. The summed E-state index contributed by atoms with van der Waals surface area (Å²) < 4.78 is 13.0. The quantitative estimate of drug-likeness (QED) is 0.445. The number of carbonyl (C=O) groups is 1. The Bertz CT molecular complexity index is 1100. The zero-order chi connectivity index (χ0) is 20.2. The molecule has 0 aliphatic carbocycles. The van der Waals surface area contributed by atoms with Crippen LogP contribution in [0.4, 0.5) is 4.39 Å². The topological polar surface area (TPSA) is 70.7 Å². The minimum atomic E-state index is -0.258. The third-order valence-corrected chi connectivity index (χ3v) is 5.79. The van der Waals surface area contributed by atoms with Gasteiger partial charge < -0.3 is 10.3 Å². The van der Waals surface area contributed by atoms with Crippen LogP contribution in [0.25, 0.3) is 11.0 Å². The molecule has 0 bridgehead atoms. The fourth-order valence-electron chi connectivity index (χ4n) is 3.18. The van der Waals surface area contributed by atoms with Gasteiger partial charge in [0.15, 0.2) is 0 Å². The number of rotatable bonds is 7. The molecule has 0 unspecified atom stereocenters. The van der Waals surface area contributed by atoms with E-state index in [1.165, 1.54) is 23.5 Å². The first-order valence-corrected chi connectivity index (χ1v) is 10.3. The predicted molar refractivity (Wildman–Crippen MR) is 113 cm³/mol. The van der Waals surface area contributed by atoms with Crippen molar-refractivity contribution < 1.29 is 9.18 Å². The second kappa shape index (κ2) is 8.53. The minimum Gasteiger partial charge on any atom is -0.351 e. The Morgan fingerprint density at radius 3 is 2.72 bits per heavy atom. The van der Waals surface area contributed by atoms with Gasteiger partial charge in [0.25, 0.3) is 5.91 Å². The van der Waals surface area contributed by atoms with Crippen molar-refractivity contribution in [3.63, 3.8) is 0 Å². The van der Waals surface area contributed by atoms with Crippen molar-refractivity contribution in [2.75, 3.05) is 6.54 Å². The summed E-state index contributed by atoms with van der Waals surface area (Å²) in [4.78, 5) is 25.5. The molecule has 2 heterocycles. The number of aromatic nitrogens is 3. The van der Waals surface area contributed by atoms with Gasteiger partial charge in [-0.15, -0.1) is 11.3 Å². The number of aromatic amines is 1. The summed E-state index contributed by atoms with van der Waals surface area (Å²) in [7, 11) is 0. The summed E-state index contributed by atoms with van der Waals surface area (Å²) in [5, 5.41) is 3.82. The number of imidazole rings is 1. The summed E-state index contributed by atoms with van der Waals surface area (Å²) in [5.41, 5.74) is 3.68. The molecule has 29 heavy (non-hydrogen) atoms. The average molecular weight is 409 g/mol. The van der Waals surface area contributed by atoms with E-state index < -0.39 is 0 Å². The van der Waals surface area contributed by atoms with Gasteiger partial charge >= 0.3 is 0 Å². The second-order valence-electron chi connectivity index (χ2n) is 6.89. The van der Waals surface area contributed by atoms with E-state index in [2.05, 4.69) is 20.3 Å². The van der Waals surface area contributed by atoms with Crippen molar-refractivity contribution in [2.24, 2.45) is 0 Å². The smallest absolute Gasteiger partial charge is 0.263 e. The van der Waals surface area contributed by atoms with Gasteiger partial charge in [0.05, 0.1) is 21.7 Å². The fourth-order valence-corrected chi connectivity index (χ4v) is 4.19. The molecule has 2 N–H and O–H groups in total. The molecule has 0 fully saturated rings. The van der Waals surface area contributed by atoms with Gasteiger partial charge in [0.2, 0.25) is 0 Å². The third kappa shape index (κ3) is 4.68. The highest BCUT2D eigenvalue weighted by atomic mass is 32.1. The Labute approximate surface area is 172 Å². The van der Waals surface area contributed by atoms with Crippen LogP contribution in [0.5, 0.6) is 0 Å². The number of nitrogens with zero attached hydrogens (tertiary/aromatic N) is 2. The summed E-state index contributed by atoms with van der Waals surface area (Å²) in [6.07, 6.45) is 2.16. The second-order valence-corrected chi connectivity index (χ2v) is 7.97. The first kappa shape index (κ1) is 19.3. The van der Waals surface area contributed by atoms with Gasteiger partial charge in [-0.3, -0.25) is 4.79 Å². The molecule has 148 valence electrons. The molecule has 0 atom stereocenters. The number of H-pyrrole nitrogens is 1.